The molecular weight excluding hydrogens is 192 g/mol. The SMILES string of the molecule is O=C(O[C@H]1CCOC1)C1=CCCCCC1. The fourth-order valence-corrected chi connectivity index (χ4v) is 2.03. The van der Waals surface area contributed by atoms with Gasteiger partial charge < -0.3 is 9.47 Å². The lowest BCUT2D eigenvalue weighted by Gasteiger charge is -2.11. The van der Waals surface area contributed by atoms with Gasteiger partial charge in [-0.2, -0.15) is 0 Å². The number of hydrogen-bond donors (Lipinski definition) is 0. The van der Waals surface area contributed by atoms with E-state index in [2.05, 4.69) is 0 Å². The first-order valence-corrected chi connectivity index (χ1v) is 5.84. The Hall–Kier alpha value is -0.830. The number of carbonyl (C=O) groups excluding carboxylic acids is 1. The second-order valence-electron chi connectivity index (χ2n) is 4.22. The summed E-state index contributed by atoms with van der Waals surface area (Å²) in [7, 11) is 0. The highest BCUT2D eigenvalue weighted by atomic mass is 16.6. The van der Waals surface area contributed by atoms with Crippen LogP contribution in [0.15, 0.2) is 11.6 Å². The predicted octanol–water partition coefficient (Wildman–Crippen LogP) is 2.21. The molecule has 3 heteroatoms. The molecule has 1 saturated heterocycles. The van der Waals surface area contributed by atoms with E-state index in [-0.39, 0.29) is 12.1 Å². The molecule has 15 heavy (non-hydrogen) atoms. The van der Waals surface area contributed by atoms with Crippen molar-refractivity contribution in [1.82, 2.24) is 0 Å². The Bertz CT molecular complexity index is 252. The van der Waals surface area contributed by atoms with E-state index < -0.39 is 0 Å². The Morgan fingerprint density at radius 2 is 2.33 bits per heavy atom. The smallest absolute Gasteiger partial charge is 0.334 e. The maximum Gasteiger partial charge on any atom is 0.334 e. The Morgan fingerprint density at radius 3 is 3.13 bits per heavy atom. The molecule has 84 valence electrons. The molecule has 1 fully saturated rings. The lowest BCUT2D eigenvalue weighted by atomic mass is 10.1. The molecule has 1 atom stereocenters. The molecule has 0 aromatic heterocycles. The van der Waals surface area contributed by atoms with Crippen LogP contribution in [0.25, 0.3) is 0 Å². The quantitative estimate of drug-likeness (QED) is 0.655. The molecule has 1 aliphatic heterocycles. The first kappa shape index (κ1) is 10.7. The van der Waals surface area contributed by atoms with Crippen LogP contribution in [0, 0.1) is 0 Å². The van der Waals surface area contributed by atoms with Crippen LogP contribution < -0.4 is 0 Å². The van der Waals surface area contributed by atoms with Crippen molar-refractivity contribution < 1.29 is 14.3 Å². The standard InChI is InChI=1S/C12H18O3/c13-12(15-11-7-8-14-9-11)10-5-3-1-2-4-6-10/h5,11H,1-4,6-9H2/t11-/m0/s1. The van der Waals surface area contributed by atoms with Crippen molar-refractivity contribution in [3.8, 4) is 0 Å². The number of carbonyl (C=O) groups is 1. The van der Waals surface area contributed by atoms with Gasteiger partial charge in [-0.1, -0.05) is 12.5 Å². The molecule has 0 spiro atoms. The zero-order valence-corrected chi connectivity index (χ0v) is 9.04. The van der Waals surface area contributed by atoms with Gasteiger partial charge in [-0.15, -0.1) is 0 Å². The molecule has 1 heterocycles. The van der Waals surface area contributed by atoms with Gasteiger partial charge >= 0.3 is 5.97 Å². The highest BCUT2D eigenvalue weighted by Gasteiger charge is 2.22. The van der Waals surface area contributed by atoms with E-state index >= 15 is 0 Å². The lowest BCUT2D eigenvalue weighted by molar-refractivity contribution is -0.144. The molecule has 0 aromatic carbocycles. The zero-order valence-electron chi connectivity index (χ0n) is 9.04. The van der Waals surface area contributed by atoms with Gasteiger partial charge in [0.15, 0.2) is 0 Å². The molecule has 0 radical (unpaired) electrons. The van der Waals surface area contributed by atoms with Crippen LogP contribution in [0.2, 0.25) is 0 Å². The van der Waals surface area contributed by atoms with Crippen molar-refractivity contribution in [3.63, 3.8) is 0 Å². The molecule has 0 unspecified atom stereocenters. The summed E-state index contributed by atoms with van der Waals surface area (Å²) < 4.78 is 10.5. The molecule has 3 nitrogen and oxygen atoms in total. The Morgan fingerprint density at radius 1 is 1.40 bits per heavy atom. The average molecular weight is 210 g/mol. The molecule has 2 aliphatic rings. The summed E-state index contributed by atoms with van der Waals surface area (Å²) >= 11 is 0. The highest BCUT2D eigenvalue weighted by Crippen LogP contribution is 2.19. The predicted molar refractivity (Wildman–Crippen MR) is 56.5 cm³/mol. The second-order valence-corrected chi connectivity index (χ2v) is 4.22. The van der Waals surface area contributed by atoms with Crippen LogP contribution in [-0.2, 0) is 14.3 Å². The van der Waals surface area contributed by atoms with E-state index in [9.17, 15) is 4.79 Å². The van der Waals surface area contributed by atoms with Crippen LogP contribution in [0.5, 0.6) is 0 Å². The van der Waals surface area contributed by atoms with Crippen molar-refractivity contribution in [2.24, 2.45) is 0 Å². The zero-order chi connectivity index (χ0) is 10.5. The number of ether oxygens (including phenoxy) is 2. The summed E-state index contributed by atoms with van der Waals surface area (Å²) in [6, 6.07) is 0. The number of allylic oxidation sites excluding steroid dienone is 1. The minimum absolute atomic E-state index is 0.0124. The fourth-order valence-electron chi connectivity index (χ4n) is 2.03. The van der Waals surface area contributed by atoms with E-state index in [0.717, 1.165) is 37.9 Å². The minimum atomic E-state index is -0.118. The number of rotatable bonds is 2. The number of hydrogen-bond acceptors (Lipinski definition) is 3. The second kappa shape index (κ2) is 5.31. The van der Waals surface area contributed by atoms with Crippen LogP contribution >= 0.6 is 0 Å². The van der Waals surface area contributed by atoms with E-state index in [1.807, 2.05) is 6.08 Å². The van der Waals surface area contributed by atoms with Crippen molar-refractivity contribution >= 4 is 5.97 Å². The molecule has 0 N–H and O–H groups in total. The maximum absolute atomic E-state index is 11.8. The molecular formula is C12H18O3. The molecule has 0 aromatic rings. The normalized spacial score (nSPS) is 26.9. The average Bonchev–Trinajstić information content (AvgIpc) is 2.58. The third-order valence-electron chi connectivity index (χ3n) is 2.96. The first-order valence-electron chi connectivity index (χ1n) is 5.84. The van der Waals surface area contributed by atoms with Crippen molar-refractivity contribution in [3.05, 3.63) is 11.6 Å². The van der Waals surface area contributed by atoms with Gasteiger partial charge in [-0.05, 0) is 25.7 Å². The topological polar surface area (TPSA) is 35.5 Å². The van der Waals surface area contributed by atoms with Gasteiger partial charge in [0.2, 0.25) is 0 Å². The summed E-state index contributed by atoms with van der Waals surface area (Å²) in [5.41, 5.74) is 0.874. The van der Waals surface area contributed by atoms with Crippen molar-refractivity contribution in [1.29, 1.82) is 0 Å². The summed E-state index contributed by atoms with van der Waals surface area (Å²) in [6.45, 7) is 1.29. The first-order chi connectivity index (χ1) is 7.36. The maximum atomic E-state index is 11.8. The van der Waals surface area contributed by atoms with Crippen LogP contribution in [0.3, 0.4) is 0 Å². The Balaban J connectivity index is 1.85. The van der Waals surface area contributed by atoms with Crippen LogP contribution in [0.4, 0.5) is 0 Å². The Kier molecular flexibility index (Phi) is 3.78. The van der Waals surface area contributed by atoms with Crippen LogP contribution in [0.1, 0.15) is 38.5 Å². The molecule has 0 amide bonds. The van der Waals surface area contributed by atoms with Gasteiger partial charge in [-0.3, -0.25) is 0 Å². The van der Waals surface area contributed by atoms with Gasteiger partial charge in [0.25, 0.3) is 0 Å². The number of esters is 1. The third kappa shape index (κ3) is 3.06. The van der Waals surface area contributed by atoms with E-state index in [1.54, 1.807) is 0 Å². The van der Waals surface area contributed by atoms with Gasteiger partial charge in [0.05, 0.1) is 13.2 Å². The Labute approximate surface area is 90.4 Å². The fraction of sp³-hybridized carbons (Fsp3) is 0.750. The van der Waals surface area contributed by atoms with Crippen molar-refractivity contribution in [2.45, 2.75) is 44.6 Å². The summed E-state index contributed by atoms with van der Waals surface area (Å²) in [5, 5.41) is 0. The largest absolute Gasteiger partial charge is 0.456 e. The van der Waals surface area contributed by atoms with E-state index in [4.69, 9.17) is 9.47 Å². The van der Waals surface area contributed by atoms with Crippen LogP contribution in [-0.4, -0.2) is 25.3 Å². The summed E-state index contributed by atoms with van der Waals surface area (Å²) in [4.78, 5) is 11.8. The summed E-state index contributed by atoms with van der Waals surface area (Å²) in [6.07, 6.45) is 8.31. The van der Waals surface area contributed by atoms with E-state index in [0.29, 0.717) is 6.61 Å². The van der Waals surface area contributed by atoms with E-state index in [1.165, 1.54) is 12.8 Å². The van der Waals surface area contributed by atoms with Gasteiger partial charge in [0.1, 0.15) is 6.10 Å². The molecule has 2 rings (SSSR count). The lowest BCUT2D eigenvalue weighted by Crippen LogP contribution is -2.19. The molecule has 0 saturated carbocycles. The molecule has 0 bridgehead atoms. The monoisotopic (exact) mass is 210 g/mol. The molecule has 1 aliphatic carbocycles. The minimum Gasteiger partial charge on any atom is -0.456 e. The van der Waals surface area contributed by atoms with Gasteiger partial charge in [-0.25, -0.2) is 4.79 Å². The third-order valence-corrected chi connectivity index (χ3v) is 2.96. The highest BCUT2D eigenvalue weighted by molar-refractivity contribution is 5.88. The summed E-state index contributed by atoms with van der Waals surface area (Å²) in [5.74, 6) is -0.118. The van der Waals surface area contributed by atoms with Crippen molar-refractivity contribution in [2.75, 3.05) is 13.2 Å². The van der Waals surface area contributed by atoms with Gasteiger partial charge in [0, 0.05) is 12.0 Å².